The number of carbonyl (C=O) groups excluding carboxylic acids is 1. The Balaban J connectivity index is 2.73. The highest BCUT2D eigenvalue weighted by Gasteiger charge is 2.49. The van der Waals surface area contributed by atoms with Gasteiger partial charge in [0.25, 0.3) is 0 Å². The normalized spacial score (nSPS) is 17.2. The van der Waals surface area contributed by atoms with Gasteiger partial charge in [-0.3, -0.25) is 0 Å². The van der Waals surface area contributed by atoms with E-state index in [-0.39, 0.29) is 16.2 Å². The molecule has 0 bridgehead atoms. The van der Waals surface area contributed by atoms with Crippen molar-refractivity contribution in [3.05, 3.63) is 23.8 Å². The predicted octanol–water partition coefficient (Wildman–Crippen LogP) is 1.12. The largest absolute Gasteiger partial charge is 0.508 e. The molecule has 0 radical (unpaired) electrons. The van der Waals surface area contributed by atoms with Gasteiger partial charge in [-0.25, -0.2) is 13.2 Å². The lowest BCUT2D eigenvalue weighted by atomic mass is 10.0. The molecule has 90 valence electrons. The van der Waals surface area contributed by atoms with E-state index in [4.69, 9.17) is 0 Å². The molecule has 0 aromatic heterocycles. The summed E-state index contributed by atoms with van der Waals surface area (Å²) in [5, 5.41) is 9.80. The topological polar surface area (TPSA) is 83.8 Å². The van der Waals surface area contributed by atoms with Crippen molar-refractivity contribution in [2.45, 2.75) is 23.3 Å². The van der Waals surface area contributed by atoms with Crippen LogP contribution in [0.3, 0.4) is 0 Å². The minimum Gasteiger partial charge on any atom is -0.508 e. The highest BCUT2D eigenvalue weighted by molar-refractivity contribution is 7.90. The summed E-state index contributed by atoms with van der Waals surface area (Å²) >= 11 is 0. The van der Waals surface area contributed by atoms with E-state index >= 15 is 0 Å². The Bertz CT molecular complexity index is 610. The molecule has 1 saturated carbocycles. The Kier molecular flexibility index (Phi) is 2.56. The fourth-order valence-electron chi connectivity index (χ4n) is 1.92. The van der Waals surface area contributed by atoms with Crippen molar-refractivity contribution >= 4 is 15.9 Å². The van der Waals surface area contributed by atoms with Crippen LogP contribution in [0.4, 0.5) is 0 Å². The van der Waals surface area contributed by atoms with Gasteiger partial charge in [-0.15, -0.1) is 0 Å². The SMILES string of the molecule is CS(=O)(=O)c1cccc(O)c1C1(N=C=O)CC1. The first kappa shape index (κ1) is 11.8. The summed E-state index contributed by atoms with van der Waals surface area (Å²) in [5.41, 5.74) is -0.684. The van der Waals surface area contributed by atoms with Gasteiger partial charge in [-0.05, 0) is 25.0 Å². The molecule has 1 fully saturated rings. The third kappa shape index (κ3) is 1.97. The summed E-state index contributed by atoms with van der Waals surface area (Å²) < 4.78 is 23.3. The van der Waals surface area contributed by atoms with Gasteiger partial charge in [0.1, 0.15) is 11.3 Å². The van der Waals surface area contributed by atoms with Crippen LogP contribution in [-0.4, -0.2) is 25.9 Å². The molecule has 2 rings (SSSR count). The number of nitrogens with zero attached hydrogens (tertiary/aromatic N) is 1. The number of aromatic hydroxyl groups is 1. The second-order valence-corrected chi connectivity index (χ2v) is 6.14. The van der Waals surface area contributed by atoms with Crippen molar-refractivity contribution in [1.82, 2.24) is 0 Å². The van der Waals surface area contributed by atoms with Crippen LogP contribution in [0.5, 0.6) is 5.75 Å². The number of hydrogen-bond acceptors (Lipinski definition) is 5. The average molecular weight is 253 g/mol. The van der Waals surface area contributed by atoms with E-state index in [1.165, 1.54) is 24.3 Å². The van der Waals surface area contributed by atoms with E-state index in [1.807, 2.05) is 0 Å². The summed E-state index contributed by atoms with van der Waals surface area (Å²) in [6, 6.07) is 4.26. The summed E-state index contributed by atoms with van der Waals surface area (Å²) in [4.78, 5) is 14.0. The molecule has 0 heterocycles. The van der Waals surface area contributed by atoms with Crippen LogP contribution >= 0.6 is 0 Å². The molecule has 6 heteroatoms. The van der Waals surface area contributed by atoms with Crippen LogP contribution in [-0.2, 0) is 20.2 Å². The Hall–Kier alpha value is -1.65. The quantitative estimate of drug-likeness (QED) is 0.646. The number of rotatable bonds is 3. The fourth-order valence-corrected chi connectivity index (χ4v) is 2.91. The highest BCUT2D eigenvalue weighted by atomic mass is 32.2. The van der Waals surface area contributed by atoms with E-state index in [0.29, 0.717) is 12.8 Å². The van der Waals surface area contributed by atoms with Crippen molar-refractivity contribution in [3.8, 4) is 5.75 Å². The summed E-state index contributed by atoms with van der Waals surface area (Å²) in [7, 11) is -3.47. The minimum absolute atomic E-state index is 0.0222. The molecule has 0 unspecified atom stereocenters. The molecule has 0 spiro atoms. The standard InChI is InChI=1S/C11H11NO4S/c1-17(15,16)9-4-2-3-8(14)10(9)11(5-6-11)12-7-13/h2-4,14H,5-6H2,1H3. The first-order chi connectivity index (χ1) is 7.91. The molecule has 0 aliphatic heterocycles. The van der Waals surface area contributed by atoms with Gasteiger partial charge in [0.2, 0.25) is 6.08 Å². The minimum atomic E-state index is -3.47. The van der Waals surface area contributed by atoms with E-state index in [1.54, 1.807) is 0 Å². The van der Waals surface area contributed by atoms with E-state index < -0.39 is 15.4 Å². The predicted molar refractivity (Wildman–Crippen MR) is 60.3 cm³/mol. The molecule has 1 aliphatic rings. The molecule has 1 aromatic rings. The monoisotopic (exact) mass is 253 g/mol. The lowest BCUT2D eigenvalue weighted by molar-refractivity contribution is 0.454. The zero-order valence-corrected chi connectivity index (χ0v) is 9.99. The second-order valence-electron chi connectivity index (χ2n) is 4.16. The van der Waals surface area contributed by atoms with Gasteiger partial charge in [-0.2, -0.15) is 4.99 Å². The molecule has 1 aliphatic carbocycles. The lowest BCUT2D eigenvalue weighted by Crippen LogP contribution is -2.10. The van der Waals surface area contributed by atoms with Crippen molar-refractivity contribution in [2.24, 2.45) is 4.99 Å². The van der Waals surface area contributed by atoms with Gasteiger partial charge < -0.3 is 5.11 Å². The number of phenolic OH excluding ortho intramolecular Hbond substituents is 1. The van der Waals surface area contributed by atoms with Crippen LogP contribution in [0.25, 0.3) is 0 Å². The first-order valence-corrected chi connectivity index (χ1v) is 6.91. The van der Waals surface area contributed by atoms with Crippen LogP contribution in [0.1, 0.15) is 18.4 Å². The maximum absolute atomic E-state index is 11.6. The van der Waals surface area contributed by atoms with Gasteiger partial charge in [0.05, 0.1) is 4.90 Å². The third-order valence-electron chi connectivity index (χ3n) is 2.85. The molecule has 1 aromatic carbocycles. The van der Waals surface area contributed by atoms with Crippen molar-refractivity contribution in [3.63, 3.8) is 0 Å². The van der Waals surface area contributed by atoms with Crippen molar-refractivity contribution in [1.29, 1.82) is 0 Å². The molecular weight excluding hydrogens is 242 g/mol. The average Bonchev–Trinajstić information content (AvgIpc) is 2.97. The van der Waals surface area contributed by atoms with E-state index in [9.17, 15) is 18.3 Å². The molecule has 5 nitrogen and oxygen atoms in total. The third-order valence-corrected chi connectivity index (χ3v) is 3.99. The molecule has 0 atom stereocenters. The van der Waals surface area contributed by atoms with Gasteiger partial charge in [-0.1, -0.05) is 6.07 Å². The summed E-state index contributed by atoms with van der Waals surface area (Å²) in [6.45, 7) is 0. The zero-order valence-electron chi connectivity index (χ0n) is 9.17. The van der Waals surface area contributed by atoms with Crippen LogP contribution < -0.4 is 0 Å². The number of isocyanates is 1. The number of phenols is 1. The Morgan fingerprint density at radius 1 is 1.41 bits per heavy atom. The maximum atomic E-state index is 11.6. The first-order valence-electron chi connectivity index (χ1n) is 5.02. The van der Waals surface area contributed by atoms with Gasteiger partial charge in [0, 0.05) is 11.8 Å². The molecule has 1 N–H and O–H groups in total. The fraction of sp³-hybridized carbons (Fsp3) is 0.364. The van der Waals surface area contributed by atoms with Crippen molar-refractivity contribution < 1.29 is 18.3 Å². The molecule has 0 saturated heterocycles. The number of aliphatic imine (C=N–C) groups is 1. The van der Waals surface area contributed by atoms with E-state index in [2.05, 4.69) is 4.99 Å². The zero-order chi connectivity index (χ0) is 12.7. The summed E-state index contributed by atoms with van der Waals surface area (Å²) in [6.07, 6.45) is 3.59. The van der Waals surface area contributed by atoms with Crippen molar-refractivity contribution in [2.75, 3.05) is 6.26 Å². The van der Waals surface area contributed by atoms with Gasteiger partial charge >= 0.3 is 0 Å². The Morgan fingerprint density at radius 3 is 2.53 bits per heavy atom. The second kappa shape index (κ2) is 3.68. The Labute approximate surface area is 98.7 Å². The van der Waals surface area contributed by atoms with Crippen LogP contribution in [0.15, 0.2) is 28.1 Å². The Morgan fingerprint density at radius 2 is 2.06 bits per heavy atom. The highest BCUT2D eigenvalue weighted by Crippen LogP contribution is 2.54. The lowest BCUT2D eigenvalue weighted by Gasteiger charge is -2.14. The summed E-state index contributed by atoms with van der Waals surface area (Å²) in [5.74, 6) is -0.149. The number of benzene rings is 1. The van der Waals surface area contributed by atoms with Crippen LogP contribution in [0, 0.1) is 0 Å². The smallest absolute Gasteiger partial charge is 0.235 e. The molecule has 17 heavy (non-hydrogen) atoms. The number of sulfone groups is 1. The van der Waals surface area contributed by atoms with Crippen LogP contribution in [0.2, 0.25) is 0 Å². The molecule has 0 amide bonds. The maximum Gasteiger partial charge on any atom is 0.235 e. The molecular formula is C11H11NO4S. The number of hydrogen-bond donors (Lipinski definition) is 1. The van der Waals surface area contributed by atoms with Gasteiger partial charge in [0.15, 0.2) is 9.84 Å². The van der Waals surface area contributed by atoms with E-state index in [0.717, 1.165) is 6.26 Å².